The van der Waals surface area contributed by atoms with Gasteiger partial charge in [0, 0.05) is 24.2 Å². The number of hydrogen-bond acceptors (Lipinski definition) is 4. The van der Waals surface area contributed by atoms with Crippen molar-refractivity contribution in [2.75, 3.05) is 26.4 Å². The zero-order valence-corrected chi connectivity index (χ0v) is 12.6. The summed E-state index contributed by atoms with van der Waals surface area (Å²) in [5.74, 6) is 0.0776. The lowest BCUT2D eigenvalue weighted by atomic mass is 10.0. The Kier molecular flexibility index (Phi) is 5.59. The van der Waals surface area contributed by atoms with Gasteiger partial charge in [-0.3, -0.25) is 9.69 Å². The molecule has 2 rings (SSSR count). The highest BCUT2D eigenvalue weighted by molar-refractivity contribution is 5.67. The Morgan fingerprint density at radius 3 is 3.00 bits per heavy atom. The maximum Gasteiger partial charge on any atom is 0.305 e. The van der Waals surface area contributed by atoms with Crippen LogP contribution in [0.25, 0.3) is 0 Å². The molecule has 21 heavy (non-hydrogen) atoms. The van der Waals surface area contributed by atoms with Gasteiger partial charge in [0.15, 0.2) is 0 Å². The Labute approximate surface area is 125 Å². The van der Waals surface area contributed by atoms with E-state index in [2.05, 4.69) is 11.8 Å². The van der Waals surface area contributed by atoms with Gasteiger partial charge >= 0.3 is 5.97 Å². The second-order valence-electron chi connectivity index (χ2n) is 5.21. The molecule has 1 N–H and O–H groups in total. The predicted molar refractivity (Wildman–Crippen MR) is 79.6 cm³/mol. The van der Waals surface area contributed by atoms with Gasteiger partial charge in [-0.05, 0) is 19.9 Å². The van der Waals surface area contributed by atoms with Gasteiger partial charge < -0.3 is 14.6 Å². The smallest absolute Gasteiger partial charge is 0.305 e. The molecule has 0 bridgehead atoms. The lowest BCUT2D eigenvalue weighted by molar-refractivity contribution is -0.140. The molecule has 5 nitrogen and oxygen atoms in total. The van der Waals surface area contributed by atoms with E-state index < -0.39 is 5.97 Å². The highest BCUT2D eigenvalue weighted by Crippen LogP contribution is 2.31. The quantitative estimate of drug-likeness (QED) is 0.872. The van der Waals surface area contributed by atoms with E-state index in [4.69, 9.17) is 14.6 Å². The first-order valence-electron chi connectivity index (χ1n) is 7.40. The molecule has 0 aromatic heterocycles. The Balaban J connectivity index is 2.20. The number of morpholine rings is 1. The van der Waals surface area contributed by atoms with Gasteiger partial charge in [-0.25, -0.2) is 0 Å². The van der Waals surface area contributed by atoms with Gasteiger partial charge in [0.1, 0.15) is 5.75 Å². The molecule has 0 amide bonds. The first kappa shape index (κ1) is 15.8. The lowest BCUT2D eigenvalue weighted by Crippen LogP contribution is -2.47. The zero-order chi connectivity index (χ0) is 15.2. The summed E-state index contributed by atoms with van der Waals surface area (Å²) in [6.45, 7) is 6.51. The van der Waals surface area contributed by atoms with Crippen molar-refractivity contribution in [3.63, 3.8) is 0 Å². The third kappa shape index (κ3) is 3.95. The number of carboxylic acids is 1. The molecular weight excluding hydrogens is 270 g/mol. The number of carboxylic acid groups (broad SMARTS) is 1. The molecule has 1 aromatic carbocycles. The lowest BCUT2D eigenvalue weighted by Gasteiger charge is -2.39. The molecule has 1 saturated heterocycles. The van der Waals surface area contributed by atoms with Gasteiger partial charge in [0.25, 0.3) is 0 Å². The molecule has 1 fully saturated rings. The summed E-state index contributed by atoms with van der Waals surface area (Å²) in [6, 6.07) is 7.95. The second kappa shape index (κ2) is 7.43. The van der Waals surface area contributed by atoms with Crippen LogP contribution in [0, 0.1) is 0 Å². The first-order chi connectivity index (χ1) is 10.1. The molecule has 0 saturated carbocycles. The van der Waals surface area contributed by atoms with E-state index in [-0.39, 0.29) is 18.5 Å². The van der Waals surface area contributed by atoms with Crippen molar-refractivity contribution >= 4 is 5.97 Å². The Morgan fingerprint density at radius 2 is 2.29 bits per heavy atom. The van der Waals surface area contributed by atoms with Gasteiger partial charge in [0.05, 0.1) is 26.2 Å². The predicted octanol–water partition coefficient (Wildman–Crippen LogP) is 2.32. The first-order valence-corrected chi connectivity index (χ1v) is 7.40. The van der Waals surface area contributed by atoms with Gasteiger partial charge in [-0.15, -0.1) is 0 Å². The molecule has 0 radical (unpaired) electrons. The fourth-order valence-corrected chi connectivity index (χ4v) is 2.85. The van der Waals surface area contributed by atoms with Crippen LogP contribution in [0.1, 0.15) is 31.9 Å². The third-order valence-electron chi connectivity index (χ3n) is 3.85. The van der Waals surface area contributed by atoms with E-state index in [9.17, 15) is 4.79 Å². The summed E-state index contributed by atoms with van der Waals surface area (Å²) in [5.41, 5.74) is 1.09. The number of rotatable bonds is 6. The average molecular weight is 293 g/mol. The van der Waals surface area contributed by atoms with Gasteiger partial charge in [-0.2, -0.15) is 0 Å². The van der Waals surface area contributed by atoms with Crippen molar-refractivity contribution in [2.45, 2.75) is 32.4 Å². The van der Waals surface area contributed by atoms with Crippen LogP contribution in [0.3, 0.4) is 0 Å². The largest absolute Gasteiger partial charge is 0.494 e. The minimum absolute atomic E-state index is 0.0964. The van der Waals surface area contributed by atoms with E-state index in [0.29, 0.717) is 19.8 Å². The van der Waals surface area contributed by atoms with E-state index in [0.717, 1.165) is 17.9 Å². The maximum absolute atomic E-state index is 11.0. The number of carbonyl (C=O) groups is 1. The number of hydrogen-bond donors (Lipinski definition) is 1. The highest BCUT2D eigenvalue weighted by atomic mass is 16.5. The Hall–Kier alpha value is -1.59. The van der Waals surface area contributed by atoms with E-state index >= 15 is 0 Å². The summed E-state index contributed by atoms with van der Waals surface area (Å²) in [4.78, 5) is 13.2. The number of para-hydroxylation sites is 1. The van der Waals surface area contributed by atoms with Crippen molar-refractivity contribution < 1.29 is 19.4 Å². The number of ether oxygens (including phenoxy) is 2. The van der Waals surface area contributed by atoms with Crippen LogP contribution < -0.4 is 4.74 Å². The molecule has 1 aromatic rings. The van der Waals surface area contributed by atoms with Crippen LogP contribution in [-0.4, -0.2) is 48.4 Å². The zero-order valence-electron chi connectivity index (χ0n) is 12.6. The highest BCUT2D eigenvalue weighted by Gasteiger charge is 2.30. The van der Waals surface area contributed by atoms with Crippen LogP contribution in [0.4, 0.5) is 0 Å². The van der Waals surface area contributed by atoms with Crippen LogP contribution in [0.5, 0.6) is 5.75 Å². The summed E-state index contributed by atoms with van der Waals surface area (Å²) in [6.07, 6.45) is 0.0984. The molecule has 1 aliphatic rings. The van der Waals surface area contributed by atoms with Gasteiger partial charge in [-0.1, -0.05) is 18.2 Å². The maximum atomic E-state index is 11.0. The standard InChI is InChI=1S/C16H23NO4/c1-3-21-15-7-5-4-6-14(15)12(2)17-8-9-20-11-13(17)10-16(18)19/h4-7,12-13H,3,8-11H2,1-2H3,(H,18,19). The fourth-order valence-electron chi connectivity index (χ4n) is 2.85. The summed E-state index contributed by atoms with van der Waals surface area (Å²) in [5, 5.41) is 9.07. The van der Waals surface area contributed by atoms with Crippen molar-refractivity contribution in [1.29, 1.82) is 0 Å². The molecular formula is C16H23NO4. The summed E-state index contributed by atoms with van der Waals surface area (Å²) < 4.78 is 11.1. The third-order valence-corrected chi connectivity index (χ3v) is 3.85. The molecule has 5 heteroatoms. The Bertz CT molecular complexity index is 477. The average Bonchev–Trinajstić information content (AvgIpc) is 2.47. The molecule has 0 aliphatic carbocycles. The SMILES string of the molecule is CCOc1ccccc1C(C)N1CCOCC1CC(=O)O. The van der Waals surface area contributed by atoms with Crippen molar-refractivity contribution in [2.24, 2.45) is 0 Å². The fraction of sp³-hybridized carbons (Fsp3) is 0.562. The molecule has 0 spiro atoms. The topological polar surface area (TPSA) is 59.0 Å². The molecule has 1 aliphatic heterocycles. The second-order valence-corrected chi connectivity index (χ2v) is 5.21. The normalized spacial score (nSPS) is 21.0. The summed E-state index contributed by atoms with van der Waals surface area (Å²) >= 11 is 0. The van der Waals surface area contributed by atoms with E-state index in [1.165, 1.54) is 0 Å². The van der Waals surface area contributed by atoms with Crippen LogP contribution in [0.15, 0.2) is 24.3 Å². The van der Waals surface area contributed by atoms with E-state index in [1.54, 1.807) is 0 Å². The van der Waals surface area contributed by atoms with Crippen LogP contribution in [0.2, 0.25) is 0 Å². The molecule has 2 atom stereocenters. The Morgan fingerprint density at radius 1 is 1.52 bits per heavy atom. The molecule has 1 heterocycles. The minimum Gasteiger partial charge on any atom is -0.494 e. The van der Waals surface area contributed by atoms with E-state index in [1.807, 2.05) is 31.2 Å². The van der Waals surface area contributed by atoms with Crippen molar-refractivity contribution in [1.82, 2.24) is 4.90 Å². The minimum atomic E-state index is -0.791. The number of benzene rings is 1. The number of nitrogens with zero attached hydrogens (tertiary/aromatic N) is 1. The monoisotopic (exact) mass is 293 g/mol. The summed E-state index contributed by atoms with van der Waals surface area (Å²) in [7, 11) is 0. The van der Waals surface area contributed by atoms with Gasteiger partial charge in [0.2, 0.25) is 0 Å². The number of aliphatic carboxylic acids is 1. The van der Waals surface area contributed by atoms with Crippen molar-refractivity contribution in [3.05, 3.63) is 29.8 Å². The van der Waals surface area contributed by atoms with Crippen molar-refractivity contribution in [3.8, 4) is 5.75 Å². The molecule has 116 valence electrons. The van der Waals surface area contributed by atoms with Crippen LogP contribution in [-0.2, 0) is 9.53 Å². The van der Waals surface area contributed by atoms with Crippen LogP contribution >= 0.6 is 0 Å². The molecule has 2 unspecified atom stereocenters.